The average molecular weight is 349 g/mol. The number of benzene rings is 2. The van der Waals surface area contributed by atoms with Crippen LogP contribution in [0.2, 0.25) is 0 Å². The third-order valence-electron chi connectivity index (χ3n) is 3.57. The summed E-state index contributed by atoms with van der Waals surface area (Å²) >= 11 is 0. The van der Waals surface area contributed by atoms with Crippen LogP contribution in [0.25, 0.3) is 5.69 Å². The maximum atomic E-state index is 13.9. The van der Waals surface area contributed by atoms with E-state index in [1.165, 1.54) is 19.1 Å². The molecule has 2 aromatic carbocycles. The van der Waals surface area contributed by atoms with Gasteiger partial charge in [0, 0.05) is 6.07 Å². The fraction of sp³-hybridized carbons (Fsp3) is 0.125. The lowest BCUT2D eigenvalue weighted by atomic mass is 10.2. The van der Waals surface area contributed by atoms with Crippen LogP contribution in [0.5, 0.6) is 0 Å². The first-order chi connectivity index (χ1) is 11.3. The molecular formula is C16H13F2N3O2S. The van der Waals surface area contributed by atoms with E-state index in [9.17, 15) is 17.2 Å². The van der Waals surface area contributed by atoms with Crippen molar-refractivity contribution in [2.24, 2.45) is 0 Å². The first kappa shape index (κ1) is 16.3. The van der Waals surface area contributed by atoms with Gasteiger partial charge in [-0.2, -0.15) is 0 Å². The molecule has 5 nitrogen and oxygen atoms in total. The van der Waals surface area contributed by atoms with Gasteiger partial charge in [-0.1, -0.05) is 22.9 Å². The van der Waals surface area contributed by atoms with Crippen LogP contribution in [0.3, 0.4) is 0 Å². The maximum absolute atomic E-state index is 13.9. The van der Waals surface area contributed by atoms with Crippen LogP contribution in [-0.4, -0.2) is 23.4 Å². The van der Waals surface area contributed by atoms with E-state index in [4.69, 9.17) is 0 Å². The van der Waals surface area contributed by atoms with Crippen molar-refractivity contribution in [3.8, 4) is 5.69 Å². The summed E-state index contributed by atoms with van der Waals surface area (Å²) < 4.78 is 53.6. The van der Waals surface area contributed by atoms with Gasteiger partial charge in [-0.15, -0.1) is 5.10 Å². The second kappa shape index (κ2) is 5.79. The highest BCUT2D eigenvalue weighted by Gasteiger charge is 2.26. The van der Waals surface area contributed by atoms with E-state index < -0.39 is 21.5 Å². The van der Waals surface area contributed by atoms with Gasteiger partial charge in [0.1, 0.15) is 17.3 Å². The Morgan fingerprint density at radius 2 is 1.67 bits per heavy atom. The molecule has 0 aliphatic heterocycles. The van der Waals surface area contributed by atoms with Crippen LogP contribution >= 0.6 is 0 Å². The second-order valence-corrected chi connectivity index (χ2v) is 7.17. The quantitative estimate of drug-likeness (QED) is 0.729. The summed E-state index contributed by atoms with van der Waals surface area (Å²) in [5.74, 6) is -1.40. The normalized spacial score (nSPS) is 11.7. The summed E-state index contributed by atoms with van der Waals surface area (Å²) in [6.45, 7) is 3.27. The SMILES string of the molecule is Cc1ccc(S(=O)(=O)c2nnn(-c3cc(F)ccc3F)c2C)cc1. The third kappa shape index (κ3) is 2.69. The Morgan fingerprint density at radius 3 is 2.33 bits per heavy atom. The summed E-state index contributed by atoms with van der Waals surface area (Å²) in [5.41, 5.74) is 0.807. The molecule has 124 valence electrons. The Kier molecular flexibility index (Phi) is 3.92. The molecule has 3 aromatic rings. The number of rotatable bonds is 3. The van der Waals surface area contributed by atoms with Gasteiger partial charge >= 0.3 is 0 Å². The molecule has 0 spiro atoms. The van der Waals surface area contributed by atoms with Crippen LogP contribution in [0.15, 0.2) is 52.4 Å². The Hall–Kier alpha value is -2.61. The van der Waals surface area contributed by atoms with E-state index in [1.807, 2.05) is 6.92 Å². The molecule has 0 radical (unpaired) electrons. The Labute approximate surface area is 137 Å². The van der Waals surface area contributed by atoms with Crippen molar-refractivity contribution in [1.82, 2.24) is 15.0 Å². The zero-order valence-electron chi connectivity index (χ0n) is 12.9. The fourth-order valence-electron chi connectivity index (χ4n) is 2.27. The van der Waals surface area contributed by atoms with Gasteiger partial charge in [-0.3, -0.25) is 0 Å². The standard InChI is InChI=1S/C16H13F2N3O2S/c1-10-3-6-13(7-4-10)24(22,23)16-11(2)21(20-19-16)15-9-12(17)5-8-14(15)18/h3-9H,1-2H3. The van der Waals surface area contributed by atoms with Gasteiger partial charge in [0.05, 0.1) is 10.6 Å². The van der Waals surface area contributed by atoms with Gasteiger partial charge in [0.2, 0.25) is 14.9 Å². The summed E-state index contributed by atoms with van der Waals surface area (Å²) in [7, 11) is -3.91. The zero-order chi connectivity index (χ0) is 17.5. The molecule has 0 aliphatic rings. The van der Waals surface area contributed by atoms with E-state index in [2.05, 4.69) is 10.3 Å². The molecule has 0 atom stereocenters. The minimum Gasteiger partial charge on any atom is -0.217 e. The lowest BCUT2D eigenvalue weighted by Crippen LogP contribution is -2.06. The molecule has 1 heterocycles. The Balaban J connectivity index is 2.13. The number of sulfone groups is 1. The van der Waals surface area contributed by atoms with Gasteiger partial charge in [0.25, 0.3) is 0 Å². The first-order valence-corrected chi connectivity index (χ1v) is 8.48. The Morgan fingerprint density at radius 1 is 1.00 bits per heavy atom. The molecule has 0 unspecified atom stereocenters. The number of aromatic nitrogens is 3. The number of aryl methyl sites for hydroxylation is 1. The predicted molar refractivity (Wildman–Crippen MR) is 82.6 cm³/mol. The van der Waals surface area contributed by atoms with Crippen molar-refractivity contribution >= 4 is 9.84 Å². The van der Waals surface area contributed by atoms with Gasteiger partial charge in [-0.25, -0.2) is 21.9 Å². The molecule has 0 aliphatic carbocycles. The van der Waals surface area contributed by atoms with Crippen LogP contribution < -0.4 is 0 Å². The van der Waals surface area contributed by atoms with Crippen LogP contribution in [0.1, 0.15) is 11.3 Å². The molecule has 24 heavy (non-hydrogen) atoms. The highest BCUT2D eigenvalue weighted by atomic mass is 32.2. The van der Waals surface area contributed by atoms with Crippen molar-refractivity contribution in [2.45, 2.75) is 23.8 Å². The minimum absolute atomic E-state index is 0.0583. The largest absolute Gasteiger partial charge is 0.227 e. The number of halogens is 2. The molecule has 0 N–H and O–H groups in total. The predicted octanol–water partition coefficient (Wildman–Crippen LogP) is 3.00. The van der Waals surface area contributed by atoms with E-state index >= 15 is 0 Å². The van der Waals surface area contributed by atoms with E-state index in [-0.39, 0.29) is 21.3 Å². The van der Waals surface area contributed by atoms with Gasteiger partial charge < -0.3 is 0 Å². The number of hydrogen-bond donors (Lipinski definition) is 0. The molecule has 0 bridgehead atoms. The molecule has 0 fully saturated rings. The van der Waals surface area contributed by atoms with E-state index in [0.29, 0.717) is 0 Å². The second-order valence-electron chi connectivity index (χ2n) is 5.30. The van der Waals surface area contributed by atoms with Gasteiger partial charge in [-0.05, 0) is 38.1 Å². The fourth-order valence-corrected chi connectivity index (χ4v) is 3.61. The highest BCUT2D eigenvalue weighted by Crippen LogP contribution is 2.24. The van der Waals surface area contributed by atoms with Crippen LogP contribution in [0.4, 0.5) is 8.78 Å². The summed E-state index contributed by atoms with van der Waals surface area (Å²) in [5, 5.41) is 7.05. The van der Waals surface area contributed by atoms with Crippen molar-refractivity contribution in [3.05, 3.63) is 65.4 Å². The average Bonchev–Trinajstić information content (AvgIpc) is 2.92. The van der Waals surface area contributed by atoms with Crippen molar-refractivity contribution in [3.63, 3.8) is 0 Å². The lowest BCUT2D eigenvalue weighted by Gasteiger charge is -2.06. The van der Waals surface area contributed by atoms with Crippen LogP contribution in [0, 0.1) is 25.5 Å². The van der Waals surface area contributed by atoms with Gasteiger partial charge in [0.15, 0.2) is 0 Å². The third-order valence-corrected chi connectivity index (χ3v) is 5.35. The van der Waals surface area contributed by atoms with Crippen LogP contribution in [-0.2, 0) is 9.84 Å². The number of hydrogen-bond acceptors (Lipinski definition) is 4. The zero-order valence-corrected chi connectivity index (χ0v) is 13.7. The molecular weight excluding hydrogens is 336 g/mol. The molecule has 0 saturated carbocycles. The summed E-state index contributed by atoms with van der Waals surface area (Å²) in [6.07, 6.45) is 0. The maximum Gasteiger partial charge on any atom is 0.227 e. The smallest absolute Gasteiger partial charge is 0.217 e. The monoisotopic (exact) mass is 349 g/mol. The number of nitrogens with zero attached hydrogens (tertiary/aromatic N) is 3. The van der Waals surface area contributed by atoms with Crippen molar-refractivity contribution < 1.29 is 17.2 Å². The molecule has 3 rings (SSSR count). The van der Waals surface area contributed by atoms with E-state index in [0.717, 1.165) is 28.4 Å². The molecule has 1 aromatic heterocycles. The molecule has 0 saturated heterocycles. The molecule has 8 heteroatoms. The van der Waals surface area contributed by atoms with E-state index in [1.54, 1.807) is 12.1 Å². The highest BCUT2D eigenvalue weighted by molar-refractivity contribution is 7.91. The summed E-state index contributed by atoms with van der Waals surface area (Å²) in [4.78, 5) is 0.0583. The van der Waals surface area contributed by atoms with Crippen molar-refractivity contribution in [1.29, 1.82) is 0 Å². The Bertz CT molecular complexity index is 1010. The minimum atomic E-state index is -3.91. The first-order valence-electron chi connectivity index (χ1n) is 7.00. The lowest BCUT2D eigenvalue weighted by molar-refractivity contribution is 0.582. The molecule has 0 amide bonds. The summed E-state index contributed by atoms with van der Waals surface area (Å²) in [6, 6.07) is 9.10. The topological polar surface area (TPSA) is 64.8 Å². The van der Waals surface area contributed by atoms with Crippen molar-refractivity contribution in [2.75, 3.05) is 0 Å².